The summed E-state index contributed by atoms with van der Waals surface area (Å²) in [6.07, 6.45) is 1.57. The maximum atomic E-state index is 14.6. The molecule has 9 nitrogen and oxygen atoms in total. The third-order valence-electron chi connectivity index (χ3n) is 8.71. The van der Waals surface area contributed by atoms with E-state index in [2.05, 4.69) is 16.8 Å². The Kier molecular flexibility index (Phi) is 7.55. The number of ether oxygens (including phenoxy) is 1. The van der Waals surface area contributed by atoms with Gasteiger partial charge in [0, 0.05) is 43.3 Å². The highest BCUT2D eigenvalue weighted by Gasteiger charge is 2.59. The fraction of sp³-hybridized carbons (Fsp3) is 0.375. The van der Waals surface area contributed by atoms with Gasteiger partial charge in [-0.15, -0.1) is 0 Å². The number of amides is 2. The summed E-state index contributed by atoms with van der Waals surface area (Å²) in [6.45, 7) is 6.37. The number of aryl methyl sites for hydroxylation is 1. The lowest BCUT2D eigenvalue weighted by Crippen LogP contribution is -2.55. The molecule has 0 aromatic heterocycles. The second-order valence-electron chi connectivity index (χ2n) is 11.4. The van der Waals surface area contributed by atoms with Crippen LogP contribution in [-0.2, 0) is 25.2 Å². The number of piperidine rings is 1. The van der Waals surface area contributed by atoms with Crippen LogP contribution in [0.2, 0.25) is 0 Å². The van der Waals surface area contributed by atoms with Crippen LogP contribution in [0.15, 0.2) is 83.8 Å². The van der Waals surface area contributed by atoms with E-state index >= 15 is 0 Å². The van der Waals surface area contributed by atoms with Gasteiger partial charge in [-0.2, -0.15) is 4.31 Å². The monoisotopic (exact) mass is 588 g/mol. The minimum Gasteiger partial charge on any atom is -0.422 e. The van der Waals surface area contributed by atoms with Gasteiger partial charge in [0.15, 0.2) is 0 Å². The molecule has 3 aromatic rings. The van der Waals surface area contributed by atoms with Gasteiger partial charge in [0.2, 0.25) is 5.60 Å². The SMILES string of the molecule is Cc1ccc2c(c1)C(OC(=O)N1CCN(C3CCN(C)CC3)CC1)(c1ccccc1)C(=O)N2S(=O)(=O)c1ccccc1. The molecule has 0 saturated carbocycles. The van der Waals surface area contributed by atoms with Gasteiger partial charge in [0.25, 0.3) is 15.9 Å². The number of fused-ring (bicyclic) bond motifs is 1. The summed E-state index contributed by atoms with van der Waals surface area (Å²) in [7, 11) is -2.17. The first-order valence-electron chi connectivity index (χ1n) is 14.4. The highest BCUT2D eigenvalue weighted by molar-refractivity contribution is 7.93. The van der Waals surface area contributed by atoms with E-state index in [1.54, 1.807) is 71.6 Å². The Morgan fingerprint density at radius 3 is 2.12 bits per heavy atom. The zero-order chi connectivity index (χ0) is 29.5. The molecule has 2 fully saturated rings. The second kappa shape index (κ2) is 11.2. The number of carbonyl (C=O) groups excluding carboxylic acids is 2. The number of hydrogen-bond acceptors (Lipinski definition) is 7. The number of hydrogen-bond donors (Lipinski definition) is 0. The van der Waals surface area contributed by atoms with Crippen molar-refractivity contribution in [3.8, 4) is 0 Å². The highest BCUT2D eigenvalue weighted by atomic mass is 32.2. The minimum absolute atomic E-state index is 0.0231. The Balaban J connectivity index is 1.35. The smallest absolute Gasteiger partial charge is 0.411 e. The van der Waals surface area contributed by atoms with Crippen molar-refractivity contribution in [1.82, 2.24) is 14.7 Å². The van der Waals surface area contributed by atoms with Gasteiger partial charge in [-0.1, -0.05) is 60.2 Å². The molecule has 10 heteroatoms. The lowest BCUT2D eigenvalue weighted by Gasteiger charge is -2.42. The predicted molar refractivity (Wildman–Crippen MR) is 160 cm³/mol. The molecule has 0 radical (unpaired) electrons. The van der Waals surface area contributed by atoms with Gasteiger partial charge < -0.3 is 14.5 Å². The Hall–Kier alpha value is -3.73. The van der Waals surface area contributed by atoms with E-state index in [9.17, 15) is 18.0 Å². The topological polar surface area (TPSA) is 90.5 Å². The molecule has 0 spiro atoms. The molecule has 3 aliphatic heterocycles. The molecule has 0 N–H and O–H groups in total. The average molecular weight is 589 g/mol. The molecule has 3 heterocycles. The third kappa shape index (κ3) is 4.87. The first kappa shape index (κ1) is 28.4. The Bertz CT molecular complexity index is 1570. The van der Waals surface area contributed by atoms with E-state index in [0.717, 1.165) is 48.9 Å². The molecular weight excluding hydrogens is 552 g/mol. The van der Waals surface area contributed by atoms with E-state index in [0.29, 0.717) is 30.3 Å². The lowest BCUT2D eigenvalue weighted by atomic mass is 9.86. The summed E-state index contributed by atoms with van der Waals surface area (Å²) in [6, 6.07) is 22.2. The number of nitrogens with zero attached hydrogens (tertiary/aromatic N) is 4. The Morgan fingerprint density at radius 2 is 1.48 bits per heavy atom. The summed E-state index contributed by atoms with van der Waals surface area (Å²) < 4.78 is 35.0. The summed E-state index contributed by atoms with van der Waals surface area (Å²) in [5, 5.41) is 0. The van der Waals surface area contributed by atoms with E-state index in [4.69, 9.17) is 4.74 Å². The minimum atomic E-state index is -4.31. The van der Waals surface area contributed by atoms with Crippen molar-refractivity contribution in [3.63, 3.8) is 0 Å². The van der Waals surface area contributed by atoms with Crippen LogP contribution in [0.4, 0.5) is 10.5 Å². The second-order valence-corrected chi connectivity index (χ2v) is 13.2. The number of rotatable bonds is 5. The van der Waals surface area contributed by atoms with E-state index in [1.165, 1.54) is 12.1 Å². The van der Waals surface area contributed by atoms with Crippen LogP contribution in [-0.4, -0.2) is 87.5 Å². The Labute approximate surface area is 247 Å². The lowest BCUT2D eigenvalue weighted by molar-refractivity contribution is -0.132. The van der Waals surface area contributed by atoms with Crippen LogP contribution in [0.3, 0.4) is 0 Å². The predicted octanol–water partition coefficient (Wildman–Crippen LogP) is 3.82. The number of benzene rings is 3. The van der Waals surface area contributed by atoms with Crippen LogP contribution in [0.25, 0.3) is 0 Å². The number of piperazine rings is 1. The fourth-order valence-corrected chi connectivity index (χ4v) is 7.82. The molecule has 3 aliphatic rings. The van der Waals surface area contributed by atoms with Gasteiger partial charge in [0.05, 0.1) is 10.6 Å². The third-order valence-corrected chi connectivity index (χ3v) is 10.4. The van der Waals surface area contributed by atoms with Crippen molar-refractivity contribution in [2.75, 3.05) is 50.6 Å². The molecule has 0 bridgehead atoms. The fourth-order valence-electron chi connectivity index (χ4n) is 6.35. The van der Waals surface area contributed by atoms with Crippen LogP contribution >= 0.6 is 0 Å². The number of sulfonamides is 1. The quantitative estimate of drug-likeness (QED) is 0.448. The van der Waals surface area contributed by atoms with Crippen LogP contribution < -0.4 is 4.31 Å². The normalized spacial score (nSPS) is 22.3. The zero-order valence-corrected chi connectivity index (χ0v) is 24.8. The number of anilines is 1. The summed E-state index contributed by atoms with van der Waals surface area (Å²) in [4.78, 5) is 34.8. The van der Waals surface area contributed by atoms with Crippen LogP contribution in [0, 0.1) is 6.92 Å². The van der Waals surface area contributed by atoms with Gasteiger partial charge in [-0.3, -0.25) is 9.69 Å². The first-order chi connectivity index (χ1) is 20.2. The van der Waals surface area contributed by atoms with Gasteiger partial charge in [0.1, 0.15) is 0 Å². The van der Waals surface area contributed by atoms with Gasteiger partial charge in [-0.05, 0) is 64.2 Å². The van der Waals surface area contributed by atoms with E-state index in [1.807, 2.05) is 6.92 Å². The van der Waals surface area contributed by atoms with Gasteiger partial charge in [-0.25, -0.2) is 13.2 Å². The number of carbonyl (C=O) groups is 2. The van der Waals surface area contributed by atoms with Crippen molar-refractivity contribution < 1.29 is 22.7 Å². The molecule has 2 amide bonds. The first-order valence-corrected chi connectivity index (χ1v) is 15.9. The maximum Gasteiger partial charge on any atom is 0.411 e. The average Bonchev–Trinajstić information content (AvgIpc) is 3.26. The van der Waals surface area contributed by atoms with Crippen molar-refractivity contribution in [2.24, 2.45) is 0 Å². The molecule has 6 rings (SSSR count). The molecule has 1 unspecified atom stereocenters. The molecule has 3 aromatic carbocycles. The van der Waals surface area contributed by atoms with Crippen molar-refractivity contribution in [3.05, 3.63) is 95.6 Å². The van der Waals surface area contributed by atoms with Crippen molar-refractivity contribution >= 4 is 27.7 Å². The van der Waals surface area contributed by atoms with Crippen molar-refractivity contribution in [1.29, 1.82) is 0 Å². The highest BCUT2D eigenvalue weighted by Crippen LogP contribution is 2.49. The number of likely N-dealkylation sites (tertiary alicyclic amines) is 1. The molecule has 2 saturated heterocycles. The zero-order valence-electron chi connectivity index (χ0n) is 24.0. The summed E-state index contributed by atoms with van der Waals surface area (Å²) in [5.41, 5.74) is -0.253. The van der Waals surface area contributed by atoms with Crippen LogP contribution in [0.5, 0.6) is 0 Å². The molecular formula is C32H36N4O5S. The Morgan fingerprint density at radius 1 is 0.857 bits per heavy atom. The largest absolute Gasteiger partial charge is 0.422 e. The van der Waals surface area contributed by atoms with Crippen LogP contribution in [0.1, 0.15) is 29.5 Å². The summed E-state index contributed by atoms with van der Waals surface area (Å²) in [5.74, 6) is -0.837. The summed E-state index contributed by atoms with van der Waals surface area (Å²) >= 11 is 0. The maximum absolute atomic E-state index is 14.6. The molecule has 0 aliphatic carbocycles. The van der Waals surface area contributed by atoms with E-state index in [-0.39, 0.29) is 10.6 Å². The molecule has 1 atom stereocenters. The molecule has 42 heavy (non-hydrogen) atoms. The van der Waals surface area contributed by atoms with Gasteiger partial charge >= 0.3 is 6.09 Å². The standard InChI is InChI=1S/C32H36N4O5S/c1-24-13-14-29-28(23-24)32(25-9-5-3-6-10-25,30(37)36(29)42(39,40)27-11-7-4-8-12-27)41-31(38)35-21-19-34(20-22-35)26-15-17-33(2)18-16-26/h3-14,23,26H,15-22H2,1-2H3. The molecule has 220 valence electrons. The van der Waals surface area contributed by atoms with Crippen molar-refractivity contribution in [2.45, 2.75) is 36.3 Å². The van der Waals surface area contributed by atoms with E-state index < -0.39 is 27.6 Å².